The molecule has 27 heavy (non-hydrogen) atoms. The van der Waals surface area contributed by atoms with Crippen LogP contribution in [0, 0.1) is 5.92 Å². The van der Waals surface area contributed by atoms with Crippen LogP contribution in [0.1, 0.15) is 32.3 Å². The lowest BCUT2D eigenvalue weighted by Gasteiger charge is -2.30. The van der Waals surface area contributed by atoms with Crippen molar-refractivity contribution in [2.45, 2.75) is 31.6 Å². The lowest BCUT2D eigenvalue weighted by atomic mass is 9.97. The predicted molar refractivity (Wildman–Crippen MR) is 104 cm³/mol. The monoisotopic (exact) mass is 393 g/mol. The summed E-state index contributed by atoms with van der Waals surface area (Å²) in [6.07, 6.45) is 4.55. The van der Waals surface area contributed by atoms with Gasteiger partial charge in [-0.3, -0.25) is 9.59 Å². The van der Waals surface area contributed by atoms with E-state index in [9.17, 15) is 18.0 Å². The van der Waals surface area contributed by atoms with Gasteiger partial charge in [-0.2, -0.15) is 4.31 Å². The number of nitrogens with two attached hydrogens (primary N) is 1. The lowest BCUT2D eigenvalue weighted by Crippen LogP contribution is -2.43. The third kappa shape index (κ3) is 5.17. The maximum absolute atomic E-state index is 12.5. The van der Waals surface area contributed by atoms with Gasteiger partial charge < -0.3 is 10.6 Å². The fraction of sp³-hybridized carbons (Fsp3) is 0.474. The van der Waals surface area contributed by atoms with Gasteiger partial charge in [-0.15, -0.1) is 0 Å². The maximum atomic E-state index is 12.5. The van der Waals surface area contributed by atoms with E-state index in [0.717, 1.165) is 12.0 Å². The van der Waals surface area contributed by atoms with Gasteiger partial charge in [0.25, 0.3) is 0 Å². The van der Waals surface area contributed by atoms with Crippen LogP contribution in [-0.2, 0) is 19.6 Å². The summed E-state index contributed by atoms with van der Waals surface area (Å²) in [5.41, 5.74) is 6.06. The number of hydrogen-bond acceptors (Lipinski definition) is 4. The first-order valence-corrected chi connectivity index (χ1v) is 10.6. The molecule has 1 aromatic rings. The fourth-order valence-electron chi connectivity index (χ4n) is 3.15. The number of amides is 2. The number of carbonyl (C=O) groups excluding carboxylic acids is 2. The Morgan fingerprint density at radius 2 is 1.85 bits per heavy atom. The minimum absolute atomic E-state index is 0.180. The van der Waals surface area contributed by atoms with Crippen LogP contribution in [0.5, 0.6) is 0 Å². The molecule has 1 saturated heterocycles. The Hall–Kier alpha value is -2.19. The van der Waals surface area contributed by atoms with Crippen LogP contribution in [0.4, 0.5) is 0 Å². The maximum Gasteiger partial charge on any atom is 0.246 e. The van der Waals surface area contributed by atoms with Gasteiger partial charge in [-0.1, -0.05) is 26.0 Å². The van der Waals surface area contributed by atoms with E-state index >= 15 is 0 Å². The van der Waals surface area contributed by atoms with Crippen molar-refractivity contribution < 1.29 is 18.0 Å². The number of nitrogens with zero attached hydrogens (tertiary/aromatic N) is 2. The summed E-state index contributed by atoms with van der Waals surface area (Å²) in [7, 11) is -3.49. The number of likely N-dealkylation sites (tertiary alicyclic amines) is 1. The molecule has 1 aromatic carbocycles. The minimum atomic E-state index is -3.49. The molecule has 1 fully saturated rings. The fourth-order valence-corrected chi connectivity index (χ4v) is 4.60. The predicted octanol–water partition coefficient (Wildman–Crippen LogP) is 1.45. The van der Waals surface area contributed by atoms with Crippen molar-refractivity contribution in [2.75, 3.05) is 26.2 Å². The van der Waals surface area contributed by atoms with Crippen LogP contribution < -0.4 is 5.73 Å². The number of sulfonamides is 1. The molecule has 0 bridgehead atoms. The Bertz CT molecular complexity index is 799. The summed E-state index contributed by atoms with van der Waals surface area (Å²) in [6.45, 7) is 5.38. The van der Waals surface area contributed by atoms with Crippen molar-refractivity contribution in [1.82, 2.24) is 9.21 Å². The SMILES string of the molecule is CCN(CC)S(=O)(=O)c1ccc(/C=C/C(=O)N2CCCC(C(N)=O)C2)cc1. The molecule has 1 aliphatic rings. The zero-order valence-corrected chi connectivity index (χ0v) is 16.6. The van der Waals surface area contributed by atoms with Crippen molar-refractivity contribution in [2.24, 2.45) is 11.7 Å². The van der Waals surface area contributed by atoms with Crippen molar-refractivity contribution in [3.8, 4) is 0 Å². The second-order valence-electron chi connectivity index (χ2n) is 6.52. The molecular weight excluding hydrogens is 366 g/mol. The van der Waals surface area contributed by atoms with Crippen molar-refractivity contribution in [3.63, 3.8) is 0 Å². The highest BCUT2D eigenvalue weighted by molar-refractivity contribution is 7.89. The lowest BCUT2D eigenvalue weighted by molar-refractivity contribution is -0.130. The Balaban J connectivity index is 2.05. The minimum Gasteiger partial charge on any atom is -0.369 e. The van der Waals surface area contributed by atoms with Gasteiger partial charge in [0.2, 0.25) is 21.8 Å². The van der Waals surface area contributed by atoms with E-state index < -0.39 is 10.0 Å². The molecule has 1 heterocycles. The van der Waals surface area contributed by atoms with Crippen LogP contribution in [0.15, 0.2) is 35.2 Å². The van der Waals surface area contributed by atoms with E-state index in [-0.39, 0.29) is 22.6 Å². The zero-order valence-electron chi connectivity index (χ0n) is 15.8. The first kappa shape index (κ1) is 21.1. The van der Waals surface area contributed by atoms with Crippen molar-refractivity contribution in [3.05, 3.63) is 35.9 Å². The van der Waals surface area contributed by atoms with E-state index in [0.29, 0.717) is 32.6 Å². The largest absolute Gasteiger partial charge is 0.369 e. The number of carbonyl (C=O) groups is 2. The summed E-state index contributed by atoms with van der Waals surface area (Å²) in [5, 5.41) is 0. The van der Waals surface area contributed by atoms with Gasteiger partial charge in [0.1, 0.15) is 0 Å². The first-order chi connectivity index (χ1) is 12.8. The normalized spacial score (nSPS) is 18.2. The number of primary amides is 1. The standard InChI is InChI=1S/C19H27N3O4S/c1-3-22(4-2)27(25,26)17-10-7-15(8-11-17)9-12-18(23)21-13-5-6-16(14-21)19(20)24/h7-12,16H,3-6,13-14H2,1-2H3,(H2,20,24)/b12-9+. The Morgan fingerprint density at radius 1 is 1.22 bits per heavy atom. The van der Waals surface area contributed by atoms with Crippen LogP contribution in [0.3, 0.4) is 0 Å². The van der Waals surface area contributed by atoms with Crippen LogP contribution in [0.2, 0.25) is 0 Å². The average Bonchev–Trinajstić information content (AvgIpc) is 2.67. The molecule has 0 spiro atoms. The van der Waals surface area contributed by atoms with Gasteiger partial charge in [-0.05, 0) is 36.6 Å². The van der Waals surface area contributed by atoms with Gasteiger partial charge >= 0.3 is 0 Å². The van der Waals surface area contributed by atoms with Crippen LogP contribution in [0.25, 0.3) is 6.08 Å². The highest BCUT2D eigenvalue weighted by Gasteiger charge is 2.26. The molecule has 0 radical (unpaired) electrons. The molecule has 1 unspecified atom stereocenters. The summed E-state index contributed by atoms with van der Waals surface area (Å²) < 4.78 is 26.3. The molecule has 1 atom stereocenters. The van der Waals surface area contributed by atoms with E-state index in [4.69, 9.17) is 5.73 Å². The van der Waals surface area contributed by atoms with Crippen LogP contribution >= 0.6 is 0 Å². The summed E-state index contributed by atoms with van der Waals surface area (Å²) in [5.74, 6) is -0.845. The van der Waals surface area contributed by atoms with E-state index in [1.165, 1.54) is 10.4 Å². The smallest absolute Gasteiger partial charge is 0.246 e. The Morgan fingerprint density at radius 3 is 2.41 bits per heavy atom. The molecular formula is C19H27N3O4S. The topological polar surface area (TPSA) is 101 Å². The molecule has 148 valence electrons. The van der Waals surface area contributed by atoms with Crippen molar-refractivity contribution >= 4 is 27.9 Å². The molecule has 0 aromatic heterocycles. The molecule has 2 N–H and O–H groups in total. The van der Waals surface area contributed by atoms with Gasteiger partial charge in [0.15, 0.2) is 0 Å². The molecule has 1 aliphatic heterocycles. The molecule has 7 nitrogen and oxygen atoms in total. The second kappa shape index (κ2) is 9.14. The highest BCUT2D eigenvalue weighted by atomic mass is 32.2. The molecule has 2 rings (SSSR count). The van der Waals surface area contributed by atoms with E-state index in [1.54, 1.807) is 49.1 Å². The number of rotatable bonds is 7. The molecule has 0 saturated carbocycles. The zero-order chi connectivity index (χ0) is 20.0. The van der Waals surface area contributed by atoms with E-state index in [1.807, 2.05) is 0 Å². The third-order valence-corrected chi connectivity index (χ3v) is 6.84. The first-order valence-electron chi connectivity index (χ1n) is 9.16. The highest BCUT2D eigenvalue weighted by Crippen LogP contribution is 2.18. The van der Waals surface area contributed by atoms with Crippen molar-refractivity contribution in [1.29, 1.82) is 0 Å². The second-order valence-corrected chi connectivity index (χ2v) is 8.46. The summed E-state index contributed by atoms with van der Waals surface area (Å²) in [6, 6.07) is 6.43. The number of benzene rings is 1. The average molecular weight is 394 g/mol. The van der Waals surface area contributed by atoms with Gasteiger partial charge in [0, 0.05) is 32.3 Å². The Kier molecular flexibility index (Phi) is 7.15. The molecule has 8 heteroatoms. The quantitative estimate of drug-likeness (QED) is 0.709. The van der Waals surface area contributed by atoms with Gasteiger partial charge in [-0.25, -0.2) is 8.42 Å². The Labute approximate surface area is 160 Å². The summed E-state index contributed by atoms with van der Waals surface area (Å²) >= 11 is 0. The van der Waals surface area contributed by atoms with Gasteiger partial charge in [0.05, 0.1) is 10.8 Å². The molecule has 2 amide bonds. The summed E-state index contributed by atoms with van der Waals surface area (Å²) in [4.78, 5) is 25.5. The number of hydrogen-bond donors (Lipinski definition) is 1. The van der Waals surface area contributed by atoms with E-state index in [2.05, 4.69) is 0 Å². The third-order valence-electron chi connectivity index (χ3n) is 4.78. The number of piperidine rings is 1. The van der Waals surface area contributed by atoms with Crippen LogP contribution in [-0.4, -0.2) is 55.6 Å². The molecule has 0 aliphatic carbocycles.